The van der Waals surface area contributed by atoms with Gasteiger partial charge in [0.05, 0.1) is 23.1 Å². The zero-order valence-electron chi connectivity index (χ0n) is 11.1. The summed E-state index contributed by atoms with van der Waals surface area (Å²) in [6, 6.07) is 9.50. The molecule has 0 saturated carbocycles. The third kappa shape index (κ3) is 2.83. The highest BCUT2D eigenvalue weighted by atomic mass is 32.2. The summed E-state index contributed by atoms with van der Waals surface area (Å²) in [6.45, 7) is 0. The number of hydrogen-bond donors (Lipinski definition) is 1. The number of aromatic nitrogens is 1. The molecule has 0 amide bonds. The lowest BCUT2D eigenvalue weighted by Gasteiger charge is -2.15. The molecular formula is C15H17NO3S. The number of rotatable bonds is 3. The molecule has 20 heavy (non-hydrogen) atoms. The second-order valence-electron chi connectivity index (χ2n) is 5.48. The van der Waals surface area contributed by atoms with E-state index in [1.54, 1.807) is 6.20 Å². The molecule has 1 aliphatic heterocycles. The summed E-state index contributed by atoms with van der Waals surface area (Å²) in [6.07, 6.45) is 2.29. The summed E-state index contributed by atoms with van der Waals surface area (Å²) >= 11 is 0. The molecule has 1 saturated heterocycles. The zero-order chi connectivity index (χ0) is 14.2. The monoisotopic (exact) mass is 291 g/mol. The number of aliphatic hydroxyl groups excluding tert-OH is 1. The highest BCUT2D eigenvalue weighted by Gasteiger charge is 2.29. The van der Waals surface area contributed by atoms with Crippen LogP contribution >= 0.6 is 0 Å². The first-order valence-corrected chi connectivity index (χ1v) is 8.59. The van der Waals surface area contributed by atoms with Crippen LogP contribution in [-0.4, -0.2) is 30.0 Å². The number of aliphatic hydroxyl groups is 1. The number of pyridine rings is 1. The molecule has 0 aliphatic carbocycles. The average molecular weight is 291 g/mol. The van der Waals surface area contributed by atoms with Crippen LogP contribution < -0.4 is 0 Å². The predicted molar refractivity (Wildman–Crippen MR) is 78.1 cm³/mol. The Balaban J connectivity index is 1.77. The number of sulfone groups is 1. The maximum Gasteiger partial charge on any atom is 0.150 e. The molecule has 2 atom stereocenters. The average Bonchev–Trinajstić information content (AvgIpc) is 2.77. The molecule has 1 N–H and O–H groups in total. The van der Waals surface area contributed by atoms with Crippen molar-refractivity contribution in [3.05, 3.63) is 42.1 Å². The molecule has 3 rings (SSSR count). The van der Waals surface area contributed by atoms with Gasteiger partial charge in [-0.15, -0.1) is 0 Å². The van der Waals surface area contributed by atoms with E-state index in [0.717, 1.165) is 16.5 Å². The number of fused-ring (bicyclic) bond motifs is 1. The Morgan fingerprint density at radius 2 is 2.20 bits per heavy atom. The molecule has 0 bridgehead atoms. The van der Waals surface area contributed by atoms with Crippen molar-refractivity contribution in [3.63, 3.8) is 0 Å². The topological polar surface area (TPSA) is 67.3 Å². The Morgan fingerprint density at radius 3 is 2.95 bits per heavy atom. The zero-order valence-corrected chi connectivity index (χ0v) is 11.9. The van der Waals surface area contributed by atoms with Crippen LogP contribution in [0.3, 0.4) is 0 Å². The lowest BCUT2D eigenvalue weighted by molar-refractivity contribution is 0.149. The van der Waals surface area contributed by atoms with E-state index in [2.05, 4.69) is 4.98 Å². The van der Waals surface area contributed by atoms with E-state index in [1.165, 1.54) is 0 Å². The number of hydrogen-bond acceptors (Lipinski definition) is 4. The molecule has 5 heteroatoms. The molecule has 0 radical (unpaired) electrons. The molecule has 4 nitrogen and oxygen atoms in total. The van der Waals surface area contributed by atoms with Crippen LogP contribution in [0.1, 0.15) is 24.5 Å². The van der Waals surface area contributed by atoms with E-state index in [1.807, 2.05) is 30.3 Å². The lowest BCUT2D eigenvalue weighted by atomic mass is 9.95. The molecule has 1 aromatic carbocycles. The summed E-state index contributed by atoms with van der Waals surface area (Å²) in [7, 11) is -2.88. The number of benzene rings is 1. The van der Waals surface area contributed by atoms with Crippen molar-refractivity contribution < 1.29 is 13.5 Å². The van der Waals surface area contributed by atoms with Crippen LogP contribution in [0.5, 0.6) is 0 Å². The third-order valence-electron chi connectivity index (χ3n) is 3.90. The molecule has 106 valence electrons. The van der Waals surface area contributed by atoms with Crippen molar-refractivity contribution in [2.24, 2.45) is 5.92 Å². The fourth-order valence-corrected chi connectivity index (χ4v) is 4.69. The summed E-state index contributed by atoms with van der Waals surface area (Å²) in [5.74, 6) is 0.533. The van der Waals surface area contributed by atoms with Crippen molar-refractivity contribution in [1.29, 1.82) is 0 Å². The second kappa shape index (κ2) is 5.14. The molecule has 2 aromatic rings. The van der Waals surface area contributed by atoms with Gasteiger partial charge in [-0.05, 0) is 42.5 Å². The normalized spacial score (nSPS) is 22.9. The molecule has 2 unspecified atom stereocenters. The van der Waals surface area contributed by atoms with E-state index < -0.39 is 15.9 Å². The van der Waals surface area contributed by atoms with Gasteiger partial charge in [0.25, 0.3) is 0 Å². The Morgan fingerprint density at radius 1 is 1.35 bits per heavy atom. The number of nitrogens with zero attached hydrogens (tertiary/aromatic N) is 1. The largest absolute Gasteiger partial charge is 0.388 e. The van der Waals surface area contributed by atoms with Crippen LogP contribution in [0, 0.1) is 5.92 Å². The molecule has 1 fully saturated rings. The van der Waals surface area contributed by atoms with Gasteiger partial charge in [0.1, 0.15) is 0 Å². The predicted octanol–water partition coefficient (Wildman–Crippen LogP) is 2.09. The Labute approximate surface area is 118 Å². The van der Waals surface area contributed by atoms with Crippen molar-refractivity contribution in [2.75, 3.05) is 11.5 Å². The van der Waals surface area contributed by atoms with Crippen molar-refractivity contribution in [1.82, 2.24) is 4.98 Å². The van der Waals surface area contributed by atoms with Gasteiger partial charge >= 0.3 is 0 Å². The summed E-state index contributed by atoms with van der Waals surface area (Å²) in [5, 5.41) is 11.3. The van der Waals surface area contributed by atoms with Crippen LogP contribution in [0.15, 0.2) is 36.5 Å². The van der Waals surface area contributed by atoms with Gasteiger partial charge in [0.2, 0.25) is 0 Å². The van der Waals surface area contributed by atoms with Crippen molar-refractivity contribution >= 4 is 20.7 Å². The maximum absolute atomic E-state index is 11.4. The Kier molecular flexibility index (Phi) is 3.48. The molecule has 1 aromatic heterocycles. The van der Waals surface area contributed by atoms with Gasteiger partial charge in [-0.2, -0.15) is 0 Å². The smallest absolute Gasteiger partial charge is 0.150 e. The van der Waals surface area contributed by atoms with Gasteiger partial charge in [0, 0.05) is 11.6 Å². The highest BCUT2D eigenvalue weighted by Crippen LogP contribution is 2.29. The minimum absolute atomic E-state index is 0.0691. The van der Waals surface area contributed by atoms with Crippen molar-refractivity contribution in [2.45, 2.75) is 18.9 Å². The van der Waals surface area contributed by atoms with Gasteiger partial charge in [-0.25, -0.2) is 8.42 Å². The van der Waals surface area contributed by atoms with Crippen LogP contribution in [-0.2, 0) is 9.84 Å². The third-order valence-corrected chi connectivity index (χ3v) is 5.73. The van der Waals surface area contributed by atoms with Crippen LogP contribution in [0.25, 0.3) is 10.9 Å². The minimum Gasteiger partial charge on any atom is -0.388 e. The van der Waals surface area contributed by atoms with Crippen LogP contribution in [0.2, 0.25) is 0 Å². The first kappa shape index (κ1) is 13.5. The molecule has 0 spiro atoms. The maximum atomic E-state index is 11.4. The Hall–Kier alpha value is -1.46. The Bertz CT molecular complexity index is 727. The first-order chi connectivity index (χ1) is 9.53. The van der Waals surface area contributed by atoms with Gasteiger partial charge in [0.15, 0.2) is 9.84 Å². The standard InChI is InChI=1S/C15H17NO3S/c17-15(8-11-5-7-20(18,19)10-11)13-3-4-14-12(9-13)2-1-6-16-14/h1-4,6,9,11,15,17H,5,7-8,10H2. The second-order valence-corrected chi connectivity index (χ2v) is 7.70. The summed E-state index contributed by atoms with van der Waals surface area (Å²) < 4.78 is 22.9. The van der Waals surface area contributed by atoms with Gasteiger partial charge < -0.3 is 5.11 Å². The van der Waals surface area contributed by atoms with Gasteiger partial charge in [-0.3, -0.25) is 4.98 Å². The fraction of sp³-hybridized carbons (Fsp3) is 0.400. The van der Waals surface area contributed by atoms with Crippen molar-refractivity contribution in [3.8, 4) is 0 Å². The first-order valence-electron chi connectivity index (χ1n) is 6.77. The quantitative estimate of drug-likeness (QED) is 0.940. The van der Waals surface area contributed by atoms with E-state index in [4.69, 9.17) is 0 Å². The van der Waals surface area contributed by atoms with E-state index >= 15 is 0 Å². The minimum atomic E-state index is -2.88. The fourth-order valence-electron chi connectivity index (χ4n) is 2.81. The lowest BCUT2D eigenvalue weighted by Crippen LogP contribution is -2.09. The summed E-state index contributed by atoms with van der Waals surface area (Å²) in [4.78, 5) is 4.24. The molecule has 1 aliphatic rings. The van der Waals surface area contributed by atoms with Gasteiger partial charge in [-0.1, -0.05) is 12.1 Å². The van der Waals surface area contributed by atoms with E-state index in [-0.39, 0.29) is 17.4 Å². The molecular weight excluding hydrogens is 274 g/mol. The van der Waals surface area contributed by atoms with Crippen LogP contribution in [0.4, 0.5) is 0 Å². The highest BCUT2D eigenvalue weighted by molar-refractivity contribution is 7.91. The molecule has 2 heterocycles. The SMILES string of the molecule is O=S1(=O)CCC(CC(O)c2ccc3ncccc3c2)C1. The summed E-state index contributed by atoms with van der Waals surface area (Å²) in [5.41, 5.74) is 1.72. The van der Waals surface area contributed by atoms with E-state index in [9.17, 15) is 13.5 Å². The van der Waals surface area contributed by atoms with E-state index in [0.29, 0.717) is 12.8 Å².